The molecular weight excluding hydrogens is 284 g/mol. The lowest BCUT2D eigenvalue weighted by Gasteiger charge is -2.11. The molecule has 1 atom stereocenters. The predicted molar refractivity (Wildman–Crippen MR) is 83.3 cm³/mol. The van der Waals surface area contributed by atoms with Crippen LogP contribution >= 0.6 is 35.5 Å². The molecule has 1 unspecified atom stereocenters. The quantitative estimate of drug-likeness (QED) is 0.796. The van der Waals surface area contributed by atoms with Gasteiger partial charge in [-0.2, -0.15) is 0 Å². The molecule has 2 aliphatic rings. The molecule has 2 aliphatic heterocycles. The number of hydrogen-bond donors (Lipinski definition) is 0. The van der Waals surface area contributed by atoms with Crippen LogP contribution in [0.1, 0.15) is 10.9 Å². The van der Waals surface area contributed by atoms with Gasteiger partial charge in [0.15, 0.2) is 5.17 Å². The second kappa shape index (κ2) is 4.76. The molecule has 1 saturated heterocycles. The van der Waals surface area contributed by atoms with Crippen molar-refractivity contribution in [3.63, 3.8) is 0 Å². The number of aliphatic imine (C=N–C) groups is 1. The minimum atomic E-state index is 0. The van der Waals surface area contributed by atoms with E-state index in [0.29, 0.717) is 6.04 Å². The molecule has 0 N–H and O–H groups in total. The number of hydrogen-bond acceptors (Lipinski definition) is 4. The van der Waals surface area contributed by atoms with E-state index in [1.807, 2.05) is 23.1 Å². The molecule has 0 radical (unpaired) electrons. The summed E-state index contributed by atoms with van der Waals surface area (Å²) in [6, 6.07) is 11.3. The maximum Gasteiger partial charge on any atom is 0.160 e. The topological polar surface area (TPSA) is 15.6 Å². The summed E-state index contributed by atoms with van der Waals surface area (Å²) in [5.74, 6) is 1.21. The maximum absolute atomic E-state index is 4.83. The molecule has 0 amide bonds. The van der Waals surface area contributed by atoms with Crippen molar-refractivity contribution in [1.29, 1.82) is 0 Å². The number of halogens is 1. The first-order chi connectivity index (χ1) is 8.40. The molecule has 2 nitrogen and oxygen atoms in total. The van der Waals surface area contributed by atoms with Crippen LogP contribution in [0.25, 0.3) is 10.1 Å². The van der Waals surface area contributed by atoms with Gasteiger partial charge in [0.25, 0.3) is 0 Å². The van der Waals surface area contributed by atoms with Crippen LogP contribution in [0.4, 0.5) is 0 Å². The number of rotatable bonds is 1. The highest BCUT2D eigenvalue weighted by Crippen LogP contribution is 2.37. The Kier molecular flexibility index (Phi) is 3.26. The monoisotopic (exact) mass is 296 g/mol. The van der Waals surface area contributed by atoms with E-state index in [1.165, 1.54) is 32.4 Å². The molecule has 0 aliphatic carbocycles. The van der Waals surface area contributed by atoms with E-state index in [1.54, 1.807) is 0 Å². The molecule has 0 spiro atoms. The van der Waals surface area contributed by atoms with Gasteiger partial charge in [0.2, 0.25) is 0 Å². The number of benzene rings is 1. The highest BCUT2D eigenvalue weighted by molar-refractivity contribution is 8.14. The van der Waals surface area contributed by atoms with Gasteiger partial charge in [0.1, 0.15) is 6.04 Å². The van der Waals surface area contributed by atoms with Gasteiger partial charge >= 0.3 is 0 Å². The molecule has 5 heteroatoms. The van der Waals surface area contributed by atoms with Gasteiger partial charge in [-0.05, 0) is 17.5 Å². The lowest BCUT2D eigenvalue weighted by Crippen LogP contribution is -2.21. The van der Waals surface area contributed by atoms with E-state index in [0.717, 1.165) is 6.54 Å². The third-order valence-corrected chi connectivity index (χ3v) is 5.52. The van der Waals surface area contributed by atoms with Crippen molar-refractivity contribution in [1.82, 2.24) is 4.90 Å². The molecule has 2 aromatic rings. The minimum absolute atomic E-state index is 0. The van der Waals surface area contributed by atoms with Gasteiger partial charge in [-0.3, -0.25) is 4.99 Å². The minimum Gasteiger partial charge on any atom is -0.348 e. The van der Waals surface area contributed by atoms with E-state index in [9.17, 15) is 0 Å². The lowest BCUT2D eigenvalue weighted by atomic mass is 10.2. The largest absolute Gasteiger partial charge is 0.348 e. The second-order valence-corrected chi connectivity index (χ2v) is 6.59. The smallest absolute Gasteiger partial charge is 0.160 e. The van der Waals surface area contributed by atoms with Gasteiger partial charge in [-0.15, -0.1) is 23.7 Å². The molecule has 1 fully saturated rings. The summed E-state index contributed by atoms with van der Waals surface area (Å²) < 4.78 is 1.38. The van der Waals surface area contributed by atoms with Crippen molar-refractivity contribution >= 4 is 50.8 Å². The van der Waals surface area contributed by atoms with Gasteiger partial charge in [0, 0.05) is 28.4 Å². The third kappa shape index (κ3) is 1.92. The second-order valence-electron chi connectivity index (χ2n) is 4.41. The Morgan fingerprint density at radius 3 is 3.00 bits per heavy atom. The summed E-state index contributed by atoms with van der Waals surface area (Å²) in [6.45, 7) is 2.25. The number of thioether (sulfide) groups is 1. The van der Waals surface area contributed by atoms with E-state index in [-0.39, 0.29) is 12.4 Å². The Balaban J connectivity index is 0.000001000. The van der Waals surface area contributed by atoms with Crippen LogP contribution in [0.2, 0.25) is 0 Å². The maximum atomic E-state index is 4.83. The van der Waals surface area contributed by atoms with Crippen LogP contribution < -0.4 is 0 Å². The van der Waals surface area contributed by atoms with Crippen molar-refractivity contribution in [2.24, 2.45) is 4.99 Å². The molecule has 94 valence electrons. The van der Waals surface area contributed by atoms with Crippen LogP contribution in [0.5, 0.6) is 0 Å². The van der Waals surface area contributed by atoms with E-state index in [2.05, 4.69) is 35.2 Å². The summed E-state index contributed by atoms with van der Waals surface area (Å²) in [5, 5.41) is 2.61. The summed E-state index contributed by atoms with van der Waals surface area (Å²) in [4.78, 5) is 8.66. The molecule has 0 saturated carbocycles. The van der Waals surface area contributed by atoms with Crippen molar-refractivity contribution < 1.29 is 0 Å². The van der Waals surface area contributed by atoms with E-state index < -0.39 is 0 Å². The molecule has 18 heavy (non-hydrogen) atoms. The van der Waals surface area contributed by atoms with Crippen LogP contribution in [0, 0.1) is 0 Å². The fourth-order valence-corrected chi connectivity index (χ4v) is 4.56. The number of amidine groups is 1. The van der Waals surface area contributed by atoms with Crippen LogP contribution in [0.15, 0.2) is 35.3 Å². The van der Waals surface area contributed by atoms with Gasteiger partial charge in [-0.25, -0.2) is 0 Å². The zero-order valence-corrected chi connectivity index (χ0v) is 12.2. The number of nitrogens with zero attached hydrogens (tertiary/aromatic N) is 2. The molecule has 4 rings (SSSR count). The normalized spacial score (nSPS) is 21.9. The Hall–Kier alpha value is -0.710. The van der Waals surface area contributed by atoms with Crippen LogP contribution in [0.3, 0.4) is 0 Å². The summed E-state index contributed by atoms with van der Waals surface area (Å²) in [7, 11) is 0. The SMILES string of the molecule is Cl.c1ccc2sc(C3CN4CCSC4=N3)cc2c1. The fourth-order valence-electron chi connectivity index (χ4n) is 2.43. The van der Waals surface area contributed by atoms with Crippen LogP contribution in [-0.4, -0.2) is 28.9 Å². The first-order valence-electron chi connectivity index (χ1n) is 5.84. The summed E-state index contributed by atoms with van der Waals surface area (Å²) in [5.41, 5.74) is 0. The molecule has 3 heterocycles. The van der Waals surface area contributed by atoms with Crippen molar-refractivity contribution in [3.05, 3.63) is 35.2 Å². The van der Waals surface area contributed by atoms with Gasteiger partial charge in [0.05, 0.1) is 0 Å². The lowest BCUT2D eigenvalue weighted by molar-refractivity contribution is 0.466. The average molecular weight is 297 g/mol. The Morgan fingerprint density at radius 2 is 2.17 bits per heavy atom. The van der Waals surface area contributed by atoms with Crippen LogP contribution in [-0.2, 0) is 0 Å². The molecule has 1 aromatic carbocycles. The first-order valence-corrected chi connectivity index (χ1v) is 7.64. The van der Waals surface area contributed by atoms with E-state index >= 15 is 0 Å². The van der Waals surface area contributed by atoms with Gasteiger partial charge in [-0.1, -0.05) is 30.0 Å². The zero-order valence-electron chi connectivity index (χ0n) is 9.70. The Bertz CT molecular complexity index is 575. The summed E-state index contributed by atoms with van der Waals surface area (Å²) >= 11 is 3.79. The highest BCUT2D eigenvalue weighted by atomic mass is 35.5. The average Bonchev–Trinajstić information content (AvgIpc) is 3.01. The van der Waals surface area contributed by atoms with E-state index in [4.69, 9.17) is 4.99 Å². The van der Waals surface area contributed by atoms with Crippen molar-refractivity contribution in [3.8, 4) is 0 Å². The predicted octanol–water partition coefficient (Wildman–Crippen LogP) is 3.78. The van der Waals surface area contributed by atoms with Crippen molar-refractivity contribution in [2.45, 2.75) is 6.04 Å². The Morgan fingerprint density at radius 1 is 1.28 bits per heavy atom. The van der Waals surface area contributed by atoms with Crippen molar-refractivity contribution in [2.75, 3.05) is 18.8 Å². The third-order valence-electron chi connectivity index (χ3n) is 3.30. The molecule has 0 bridgehead atoms. The fraction of sp³-hybridized carbons (Fsp3) is 0.308. The standard InChI is InChI=1S/C13H12N2S2.ClH/c1-2-4-11-9(3-1)7-12(17-11)10-8-15-5-6-16-13(15)14-10;/h1-4,7,10H,5-6,8H2;1H. The van der Waals surface area contributed by atoms with Gasteiger partial charge < -0.3 is 4.90 Å². The number of fused-ring (bicyclic) bond motifs is 2. The highest BCUT2D eigenvalue weighted by Gasteiger charge is 2.30. The molecule has 1 aromatic heterocycles. The zero-order chi connectivity index (χ0) is 11.2. The Labute approximate surface area is 120 Å². The summed E-state index contributed by atoms with van der Waals surface area (Å²) in [6.07, 6.45) is 0. The first kappa shape index (κ1) is 12.3. The number of thiophene rings is 1. The molecular formula is C13H13ClN2S2.